The van der Waals surface area contributed by atoms with Crippen LogP contribution in [0, 0.1) is 0 Å². The molecule has 1 aliphatic heterocycles. The molecule has 9 nitrogen and oxygen atoms in total. The van der Waals surface area contributed by atoms with Crippen LogP contribution in [0.4, 0.5) is 4.79 Å². The van der Waals surface area contributed by atoms with Gasteiger partial charge in [-0.3, -0.25) is 9.80 Å². The zero-order valence-electron chi connectivity index (χ0n) is 12.5. The maximum atomic E-state index is 12.4. The van der Waals surface area contributed by atoms with E-state index in [-0.39, 0.29) is 0 Å². The molecule has 0 radical (unpaired) electrons. The monoisotopic (exact) mass is 304 g/mol. The van der Waals surface area contributed by atoms with Crippen LogP contribution in [0.3, 0.4) is 0 Å². The van der Waals surface area contributed by atoms with E-state index in [9.17, 15) is 14.4 Å². The summed E-state index contributed by atoms with van der Waals surface area (Å²) in [5.74, 6) is -1.39. The molecule has 0 bridgehead atoms. The molecule has 0 aromatic rings. The lowest BCUT2D eigenvalue weighted by Gasteiger charge is -2.40. The molecule has 120 valence electrons. The lowest BCUT2D eigenvalue weighted by molar-refractivity contribution is -0.169. The van der Waals surface area contributed by atoms with E-state index in [0.717, 1.165) is 0 Å². The summed E-state index contributed by atoms with van der Waals surface area (Å²) < 4.78 is 19.2. The van der Waals surface area contributed by atoms with Crippen molar-refractivity contribution in [3.63, 3.8) is 0 Å². The predicted octanol–water partition coefficient (Wildman–Crippen LogP) is -0.595. The van der Waals surface area contributed by atoms with Crippen LogP contribution in [0.2, 0.25) is 0 Å². The largest absolute Gasteiger partial charge is 0.466 e. The minimum absolute atomic E-state index is 0.306. The zero-order chi connectivity index (χ0) is 16.0. The van der Waals surface area contributed by atoms with Crippen LogP contribution in [0.5, 0.6) is 0 Å². The lowest BCUT2D eigenvalue weighted by Crippen LogP contribution is -2.60. The van der Waals surface area contributed by atoms with Gasteiger partial charge in [0.15, 0.2) is 0 Å². The van der Waals surface area contributed by atoms with Crippen molar-refractivity contribution in [2.24, 2.45) is 0 Å². The summed E-state index contributed by atoms with van der Waals surface area (Å²) in [7, 11) is 4.99. The van der Waals surface area contributed by atoms with E-state index in [0.29, 0.717) is 19.5 Å². The number of amides is 2. The highest BCUT2D eigenvalue weighted by Gasteiger charge is 2.41. The Kier molecular flexibility index (Phi) is 6.38. The summed E-state index contributed by atoms with van der Waals surface area (Å²) in [5.41, 5.74) is 0. The number of hydrogen-bond donors (Lipinski definition) is 0. The molecular weight excluding hydrogens is 284 g/mol. The average Bonchev–Trinajstić information content (AvgIpc) is 2.51. The van der Waals surface area contributed by atoms with E-state index in [2.05, 4.69) is 9.47 Å². The molecule has 0 N–H and O–H groups in total. The van der Waals surface area contributed by atoms with E-state index in [1.165, 1.54) is 38.2 Å². The number of nitrogens with zero attached hydrogens (tertiary/aromatic N) is 2. The molecule has 2 unspecified atom stereocenters. The molecule has 0 spiro atoms. The van der Waals surface area contributed by atoms with Gasteiger partial charge in [-0.25, -0.2) is 14.4 Å². The smallest absolute Gasteiger partial charge is 0.356 e. The molecule has 0 saturated carbocycles. The highest BCUT2D eigenvalue weighted by atomic mass is 16.6. The van der Waals surface area contributed by atoms with Crippen LogP contribution in [-0.2, 0) is 28.5 Å². The Morgan fingerprint density at radius 3 is 1.57 bits per heavy atom. The molecule has 1 saturated heterocycles. The first-order chi connectivity index (χ1) is 10.0. The molecule has 2 amide bonds. The number of ether oxygens (including phenoxy) is 4. The van der Waals surface area contributed by atoms with Crippen LogP contribution < -0.4 is 0 Å². The minimum Gasteiger partial charge on any atom is -0.466 e. The fraction of sp³-hybridized carbons (Fsp3) is 0.750. The number of urea groups is 1. The first-order valence-electron chi connectivity index (χ1n) is 6.30. The molecule has 1 aliphatic rings. The van der Waals surface area contributed by atoms with Gasteiger partial charge in [0.25, 0.3) is 0 Å². The van der Waals surface area contributed by atoms with Crippen molar-refractivity contribution in [3.05, 3.63) is 0 Å². The Bertz CT molecular complexity index is 367. The fourth-order valence-corrected chi connectivity index (χ4v) is 2.11. The van der Waals surface area contributed by atoms with Gasteiger partial charge in [-0.2, -0.15) is 0 Å². The van der Waals surface area contributed by atoms with Crippen LogP contribution in [0.1, 0.15) is 6.42 Å². The zero-order valence-corrected chi connectivity index (χ0v) is 12.5. The molecule has 0 aliphatic carbocycles. The normalized spacial score (nSPS) is 18.2. The predicted molar refractivity (Wildman–Crippen MR) is 69.1 cm³/mol. The first-order valence-corrected chi connectivity index (χ1v) is 6.30. The van der Waals surface area contributed by atoms with Crippen LogP contribution in [-0.4, -0.2) is 81.8 Å². The summed E-state index contributed by atoms with van der Waals surface area (Å²) in [5, 5.41) is 0. The van der Waals surface area contributed by atoms with Crippen molar-refractivity contribution < 1.29 is 33.3 Å². The molecule has 2 atom stereocenters. The second-order valence-electron chi connectivity index (χ2n) is 4.25. The van der Waals surface area contributed by atoms with Crippen LogP contribution in [0.25, 0.3) is 0 Å². The summed E-state index contributed by atoms with van der Waals surface area (Å²) in [6, 6.07) is -0.559. The number of methoxy groups -OCH3 is 4. The number of carbonyl (C=O) groups excluding carboxylic acids is 3. The van der Waals surface area contributed by atoms with Gasteiger partial charge in [-0.1, -0.05) is 0 Å². The number of hydrogen-bond acceptors (Lipinski definition) is 7. The number of esters is 2. The van der Waals surface area contributed by atoms with Crippen molar-refractivity contribution >= 4 is 18.0 Å². The summed E-state index contributed by atoms with van der Waals surface area (Å²) in [4.78, 5) is 38.1. The molecule has 21 heavy (non-hydrogen) atoms. The third-order valence-electron chi connectivity index (χ3n) is 3.11. The Labute approximate surface area is 122 Å². The maximum absolute atomic E-state index is 12.4. The minimum atomic E-state index is -1.17. The maximum Gasteiger partial charge on any atom is 0.356 e. The van der Waals surface area contributed by atoms with Crippen molar-refractivity contribution in [2.45, 2.75) is 18.9 Å². The molecular formula is C12H20N2O7. The summed E-state index contributed by atoms with van der Waals surface area (Å²) >= 11 is 0. The van der Waals surface area contributed by atoms with E-state index in [4.69, 9.17) is 9.47 Å². The highest BCUT2D eigenvalue weighted by Crippen LogP contribution is 2.17. The van der Waals surface area contributed by atoms with E-state index in [1.54, 1.807) is 0 Å². The second-order valence-corrected chi connectivity index (χ2v) is 4.25. The van der Waals surface area contributed by atoms with Crippen molar-refractivity contribution in [1.82, 2.24) is 9.80 Å². The van der Waals surface area contributed by atoms with Gasteiger partial charge in [0, 0.05) is 27.3 Å². The third-order valence-corrected chi connectivity index (χ3v) is 3.11. The van der Waals surface area contributed by atoms with Crippen molar-refractivity contribution in [1.29, 1.82) is 0 Å². The quantitative estimate of drug-likeness (QED) is 0.605. The third kappa shape index (κ3) is 3.61. The van der Waals surface area contributed by atoms with Gasteiger partial charge in [0.2, 0.25) is 12.5 Å². The SMILES string of the molecule is COC(=O)C(OC)N1CCCN(C(OC)C(=O)OC)C1=O. The summed E-state index contributed by atoms with van der Waals surface area (Å²) in [6.07, 6.45) is -1.79. The molecule has 1 heterocycles. The second kappa shape index (κ2) is 7.79. The number of carbonyl (C=O) groups is 3. The van der Waals surface area contributed by atoms with Crippen molar-refractivity contribution in [2.75, 3.05) is 41.5 Å². The molecule has 0 aromatic heterocycles. The summed E-state index contributed by atoms with van der Waals surface area (Å²) in [6.45, 7) is 0.612. The van der Waals surface area contributed by atoms with Gasteiger partial charge in [0.1, 0.15) is 0 Å². The first kappa shape index (κ1) is 17.2. The van der Waals surface area contributed by atoms with Gasteiger partial charge >= 0.3 is 18.0 Å². The highest BCUT2D eigenvalue weighted by molar-refractivity contribution is 5.86. The Hall–Kier alpha value is -1.87. The fourth-order valence-electron chi connectivity index (χ4n) is 2.11. The topological polar surface area (TPSA) is 94.6 Å². The molecule has 9 heteroatoms. The van der Waals surface area contributed by atoms with Crippen LogP contribution >= 0.6 is 0 Å². The standard InChI is InChI=1S/C12H20N2O7/c1-18-8(10(15)20-3)13-6-5-7-14(12(13)17)9(19-2)11(16)21-4/h8-9H,5-7H2,1-4H3. The average molecular weight is 304 g/mol. The van der Waals surface area contributed by atoms with E-state index >= 15 is 0 Å². The molecule has 0 aromatic carbocycles. The van der Waals surface area contributed by atoms with Crippen molar-refractivity contribution in [3.8, 4) is 0 Å². The molecule has 1 rings (SSSR count). The van der Waals surface area contributed by atoms with E-state index in [1.807, 2.05) is 0 Å². The van der Waals surface area contributed by atoms with Gasteiger partial charge in [-0.05, 0) is 6.42 Å². The Morgan fingerprint density at radius 1 is 0.905 bits per heavy atom. The van der Waals surface area contributed by atoms with Crippen LogP contribution in [0.15, 0.2) is 0 Å². The Morgan fingerprint density at radius 2 is 1.29 bits per heavy atom. The van der Waals surface area contributed by atoms with Gasteiger partial charge < -0.3 is 18.9 Å². The lowest BCUT2D eigenvalue weighted by atomic mass is 10.2. The van der Waals surface area contributed by atoms with Gasteiger partial charge in [-0.15, -0.1) is 0 Å². The molecule has 1 fully saturated rings. The van der Waals surface area contributed by atoms with E-state index < -0.39 is 30.4 Å². The Balaban J connectivity index is 2.94. The van der Waals surface area contributed by atoms with Gasteiger partial charge in [0.05, 0.1) is 14.2 Å². The number of rotatable bonds is 6.